The molecule has 0 nitrogen and oxygen atoms in total. The van der Waals surface area contributed by atoms with Crippen LogP contribution in [-0.2, 0) is 20.0 Å². The van der Waals surface area contributed by atoms with Crippen LogP contribution in [0.4, 0.5) is 0 Å². The van der Waals surface area contributed by atoms with Crippen molar-refractivity contribution in [3.63, 3.8) is 0 Å². The van der Waals surface area contributed by atoms with Gasteiger partial charge in [0.05, 0.1) is 0 Å². The van der Waals surface area contributed by atoms with E-state index in [9.17, 15) is 0 Å². The molecule has 0 saturated heterocycles. The first kappa shape index (κ1) is 37.8. The van der Waals surface area contributed by atoms with E-state index in [4.69, 9.17) is 0 Å². The zero-order valence-corrected chi connectivity index (χ0v) is 31.7. The topological polar surface area (TPSA) is 0 Å². The molecule has 0 aliphatic heterocycles. The molecule has 0 spiro atoms. The Morgan fingerprint density at radius 1 is 0.756 bits per heavy atom. The van der Waals surface area contributed by atoms with Crippen LogP contribution in [0.25, 0.3) is 0 Å². The molecular weight excluding hydrogens is 623 g/mol. The Bertz CT molecular complexity index is 1510. The standard InChI is InChI=1S/C29H37.C8H8.C5H5.2ClH.Ti/c1-21-14-13-15-22-20-27(6)25(4)18-10-9-16-23(25,2)24(3)17-11-12-19-26(24,5)29(27,8)28(21,22)7;1-2-8-6-4-3-5-7-8;1-2-4-5-3-1;;;/h9-20,22H,1-8H3;3-7H,1H3;1-3H,4H2;2*1H;/q-1;;-1;;;+2/p-2. The zero-order chi connectivity index (χ0) is 31.4. The first-order valence-corrected chi connectivity index (χ1v) is 16.8. The van der Waals surface area contributed by atoms with E-state index >= 15 is 0 Å². The van der Waals surface area contributed by atoms with E-state index < -0.39 is 0 Å². The predicted molar refractivity (Wildman–Crippen MR) is 182 cm³/mol. The fourth-order valence-corrected chi connectivity index (χ4v) is 10.5. The third-order valence-electron chi connectivity index (χ3n) is 13.8. The Labute approximate surface area is 298 Å². The van der Waals surface area contributed by atoms with Crippen LogP contribution in [0.2, 0.25) is 0 Å². The number of benzene rings is 1. The van der Waals surface area contributed by atoms with Crippen molar-refractivity contribution in [3.8, 4) is 0 Å². The molecule has 3 heteroatoms. The number of fused-ring (bicyclic) bond motifs is 8. The van der Waals surface area contributed by atoms with Gasteiger partial charge in [-0.1, -0.05) is 115 Å². The van der Waals surface area contributed by atoms with E-state index in [1.807, 2.05) is 18.2 Å². The molecule has 8 unspecified atom stereocenters. The minimum absolute atomic E-state index is 0. The van der Waals surface area contributed by atoms with Gasteiger partial charge in [-0.05, 0) is 28.6 Å². The molecule has 8 atom stereocenters. The second kappa shape index (κ2) is 13.1. The largest absolute Gasteiger partial charge is 1.00 e. The summed E-state index contributed by atoms with van der Waals surface area (Å²) in [6.45, 7) is 22.4. The first-order valence-electron chi connectivity index (χ1n) is 16.0. The summed E-state index contributed by atoms with van der Waals surface area (Å²) in [4.78, 5) is 0. The third kappa shape index (κ3) is 4.83. The van der Waals surface area contributed by atoms with Crippen molar-refractivity contribution in [2.45, 2.75) is 68.7 Å². The molecule has 2 saturated carbocycles. The molecule has 45 heavy (non-hydrogen) atoms. The average Bonchev–Trinajstić information content (AvgIpc) is 3.64. The van der Waals surface area contributed by atoms with Crippen LogP contribution in [0.5, 0.6) is 0 Å². The van der Waals surface area contributed by atoms with Crippen LogP contribution >= 0.6 is 0 Å². The molecule has 238 valence electrons. The van der Waals surface area contributed by atoms with Crippen LogP contribution < -0.4 is 24.8 Å². The Balaban J connectivity index is 0.000000286. The Kier molecular flexibility index (Phi) is 11.0. The minimum atomic E-state index is 0. The zero-order valence-electron chi connectivity index (χ0n) is 28.6. The van der Waals surface area contributed by atoms with Crippen molar-refractivity contribution in [2.75, 3.05) is 0 Å². The van der Waals surface area contributed by atoms with Crippen LogP contribution in [0, 0.1) is 56.3 Å². The van der Waals surface area contributed by atoms with Gasteiger partial charge in [-0.15, -0.1) is 23.8 Å². The van der Waals surface area contributed by atoms with Gasteiger partial charge < -0.3 is 31.2 Å². The van der Waals surface area contributed by atoms with Gasteiger partial charge in [-0.3, -0.25) is 6.08 Å². The molecule has 6 aliphatic carbocycles. The number of allylic oxidation sites excluding steroid dienone is 16. The summed E-state index contributed by atoms with van der Waals surface area (Å²) in [6.07, 6.45) is 39.3. The summed E-state index contributed by atoms with van der Waals surface area (Å²) < 4.78 is 1.37. The van der Waals surface area contributed by atoms with Gasteiger partial charge in [0.1, 0.15) is 0 Å². The van der Waals surface area contributed by atoms with Gasteiger partial charge in [-0.2, -0.15) is 6.08 Å². The van der Waals surface area contributed by atoms with Gasteiger partial charge >= 0.3 is 66.6 Å². The third-order valence-corrected chi connectivity index (χ3v) is 14.3. The van der Waals surface area contributed by atoms with E-state index in [0.717, 1.165) is 6.42 Å². The van der Waals surface area contributed by atoms with Gasteiger partial charge in [0.2, 0.25) is 0 Å². The number of rotatable bonds is 1. The molecule has 1 aromatic carbocycles. The molecule has 7 rings (SSSR count). The van der Waals surface area contributed by atoms with E-state index in [2.05, 4.69) is 192 Å². The van der Waals surface area contributed by atoms with Crippen molar-refractivity contribution in [1.29, 1.82) is 0 Å². The summed E-state index contributed by atoms with van der Waals surface area (Å²) >= 11 is 2.12. The fraction of sp³-hybridized carbons (Fsp3) is 0.429. The normalized spacial score (nSPS) is 41.8. The van der Waals surface area contributed by atoms with E-state index in [1.165, 1.54) is 14.9 Å². The van der Waals surface area contributed by atoms with Gasteiger partial charge in [0, 0.05) is 10.8 Å². The van der Waals surface area contributed by atoms with Gasteiger partial charge in [0.15, 0.2) is 0 Å². The Morgan fingerprint density at radius 3 is 1.76 bits per heavy atom. The van der Waals surface area contributed by atoms with Gasteiger partial charge in [0.25, 0.3) is 0 Å². The van der Waals surface area contributed by atoms with Crippen molar-refractivity contribution in [2.24, 2.45) is 43.8 Å². The number of hydrogen-bond donors (Lipinski definition) is 0. The molecule has 0 heterocycles. The summed E-state index contributed by atoms with van der Waals surface area (Å²) in [5, 5.41) is 0. The van der Waals surface area contributed by atoms with Crippen molar-refractivity contribution in [3.05, 3.63) is 139 Å². The van der Waals surface area contributed by atoms with Gasteiger partial charge in [-0.25, -0.2) is 12.2 Å². The molecule has 0 aromatic heterocycles. The van der Waals surface area contributed by atoms with Crippen LogP contribution in [0.15, 0.2) is 121 Å². The van der Waals surface area contributed by atoms with E-state index in [-0.39, 0.29) is 62.7 Å². The molecule has 0 amide bonds. The molecule has 0 bridgehead atoms. The molecule has 1 aromatic rings. The first-order chi connectivity index (χ1) is 20.2. The second-order valence-electron chi connectivity index (χ2n) is 14.7. The second-order valence-corrected chi connectivity index (χ2v) is 15.9. The fourth-order valence-electron chi connectivity index (χ4n) is 10.3. The molecule has 6 aliphatic rings. The van der Waals surface area contributed by atoms with Crippen LogP contribution in [-0.4, -0.2) is 3.81 Å². The SMILES string of the molecule is CC1=CC=CC2[CH-]C3(C)C4(C)C=CC=CC4(C)C4(C)C=CC=CC4(C)C3(C)C12C.C[C](=[Ti+2])c1ccccc1.[C-]1=CC=CC1.[Cl-].[Cl-]. The molecule has 0 N–H and O–H groups in total. The van der Waals surface area contributed by atoms with Crippen molar-refractivity contribution in [1.82, 2.24) is 0 Å². The van der Waals surface area contributed by atoms with E-state index in [1.54, 1.807) is 0 Å². The van der Waals surface area contributed by atoms with E-state index in [0.29, 0.717) is 5.92 Å². The molecule has 2 fully saturated rings. The van der Waals surface area contributed by atoms with Crippen LogP contribution in [0.1, 0.15) is 74.3 Å². The smallest absolute Gasteiger partial charge is 0.109 e. The quantitative estimate of drug-likeness (QED) is 0.299. The summed E-state index contributed by atoms with van der Waals surface area (Å²) in [5.41, 5.74) is 3.06. The maximum Gasteiger partial charge on any atom is -0.109 e. The summed E-state index contributed by atoms with van der Waals surface area (Å²) in [7, 11) is 0. The number of halogens is 2. The van der Waals surface area contributed by atoms with Crippen LogP contribution in [0.3, 0.4) is 0 Å². The minimum Gasteiger partial charge on any atom is -1.00 e. The Morgan fingerprint density at radius 2 is 1.29 bits per heavy atom. The summed E-state index contributed by atoms with van der Waals surface area (Å²) in [5.74, 6) is 0.460. The molecular formula is C42H50Cl2Ti-2. The van der Waals surface area contributed by atoms with Crippen molar-refractivity contribution < 1.29 is 44.8 Å². The maximum atomic E-state index is 2.99. The maximum absolute atomic E-state index is 2.99. The van der Waals surface area contributed by atoms with Crippen molar-refractivity contribution >= 4 is 3.81 Å². The summed E-state index contributed by atoms with van der Waals surface area (Å²) in [6, 6.07) is 10.4. The molecule has 0 radical (unpaired) electrons. The average molecular weight is 674 g/mol. The Hall–Kier alpha value is -1.70. The predicted octanol–water partition coefficient (Wildman–Crippen LogP) is 4.73. The number of hydrogen-bond acceptors (Lipinski definition) is 0. The monoisotopic (exact) mass is 672 g/mol.